The van der Waals surface area contributed by atoms with Gasteiger partial charge in [0.1, 0.15) is 10.7 Å². The number of hydrogen-bond acceptors (Lipinski definition) is 6. The summed E-state index contributed by atoms with van der Waals surface area (Å²) in [4.78, 5) is 24.8. The molecule has 0 saturated carbocycles. The van der Waals surface area contributed by atoms with Gasteiger partial charge in [0, 0.05) is 11.4 Å². The zero-order valence-electron chi connectivity index (χ0n) is 16.5. The molecule has 1 aromatic carbocycles. The highest BCUT2D eigenvalue weighted by Gasteiger charge is 2.20. The third kappa shape index (κ3) is 3.64. The fourth-order valence-electron chi connectivity index (χ4n) is 3.89. The number of fused-ring (bicyclic) bond motifs is 3. The largest absolute Gasteiger partial charge is 0.493 e. The average Bonchev–Trinajstić information content (AvgIpc) is 3.06. The van der Waals surface area contributed by atoms with Gasteiger partial charge in [-0.1, -0.05) is 6.07 Å². The highest BCUT2D eigenvalue weighted by Crippen LogP contribution is 2.33. The number of methoxy groups -OCH3 is 2. The minimum Gasteiger partial charge on any atom is -0.493 e. The first-order valence-electron chi connectivity index (χ1n) is 9.52. The van der Waals surface area contributed by atoms with Crippen LogP contribution < -0.4 is 15.0 Å². The first kappa shape index (κ1) is 19.0. The van der Waals surface area contributed by atoms with Crippen molar-refractivity contribution in [3.8, 4) is 11.5 Å². The maximum Gasteiger partial charge on any atom is 0.259 e. The lowest BCUT2D eigenvalue weighted by Gasteiger charge is -2.17. The molecule has 28 heavy (non-hydrogen) atoms. The Balaban J connectivity index is 1.54. The fraction of sp³-hybridized carbons (Fsp3) is 0.429. The second kappa shape index (κ2) is 7.93. The SMILES string of the molecule is COc1ccc(CN(C)Cc2nc3sc4c(c3c(=O)[nH]2)CCCC4)cc1OC. The van der Waals surface area contributed by atoms with Crippen LogP contribution in [0.5, 0.6) is 11.5 Å². The first-order valence-corrected chi connectivity index (χ1v) is 10.3. The van der Waals surface area contributed by atoms with Crippen molar-refractivity contribution in [2.45, 2.75) is 38.8 Å². The van der Waals surface area contributed by atoms with Crippen molar-refractivity contribution in [3.05, 3.63) is 50.4 Å². The van der Waals surface area contributed by atoms with E-state index in [-0.39, 0.29) is 5.56 Å². The lowest BCUT2D eigenvalue weighted by Crippen LogP contribution is -2.22. The maximum atomic E-state index is 12.7. The van der Waals surface area contributed by atoms with Crippen LogP contribution in [0.25, 0.3) is 10.2 Å². The van der Waals surface area contributed by atoms with Gasteiger partial charge in [0.05, 0.1) is 26.2 Å². The molecule has 0 aliphatic heterocycles. The summed E-state index contributed by atoms with van der Waals surface area (Å²) in [7, 11) is 5.28. The molecule has 0 amide bonds. The molecule has 2 aromatic heterocycles. The van der Waals surface area contributed by atoms with E-state index in [1.807, 2.05) is 25.2 Å². The summed E-state index contributed by atoms with van der Waals surface area (Å²) in [5.74, 6) is 2.14. The van der Waals surface area contributed by atoms with Gasteiger partial charge in [-0.25, -0.2) is 4.98 Å². The van der Waals surface area contributed by atoms with Crippen molar-refractivity contribution in [1.29, 1.82) is 0 Å². The number of aromatic amines is 1. The summed E-state index contributed by atoms with van der Waals surface area (Å²) >= 11 is 1.69. The zero-order chi connectivity index (χ0) is 19.7. The number of aromatic nitrogens is 2. The number of rotatable bonds is 6. The van der Waals surface area contributed by atoms with Crippen LogP contribution >= 0.6 is 11.3 Å². The van der Waals surface area contributed by atoms with Crippen molar-refractivity contribution in [3.63, 3.8) is 0 Å². The van der Waals surface area contributed by atoms with E-state index >= 15 is 0 Å². The summed E-state index contributed by atoms with van der Waals surface area (Å²) in [6, 6.07) is 5.90. The molecular weight excluding hydrogens is 374 g/mol. The van der Waals surface area contributed by atoms with Crippen LogP contribution in [-0.2, 0) is 25.9 Å². The maximum absolute atomic E-state index is 12.7. The van der Waals surface area contributed by atoms with E-state index < -0.39 is 0 Å². The van der Waals surface area contributed by atoms with Gasteiger partial charge in [0.25, 0.3) is 5.56 Å². The molecule has 148 valence electrons. The number of hydrogen-bond donors (Lipinski definition) is 1. The average molecular weight is 400 g/mol. The third-order valence-electron chi connectivity index (χ3n) is 5.19. The molecule has 0 fully saturated rings. The standard InChI is InChI=1S/C21H25N3O3S/c1-24(11-13-8-9-15(26-2)16(10-13)27-3)12-18-22-20(25)19-14-6-4-5-7-17(14)28-21(19)23-18/h8-10H,4-7,11-12H2,1-3H3,(H,22,23,25). The van der Waals surface area contributed by atoms with Gasteiger partial charge in [0.2, 0.25) is 0 Å². The van der Waals surface area contributed by atoms with E-state index in [4.69, 9.17) is 14.5 Å². The Morgan fingerprint density at radius 1 is 1.14 bits per heavy atom. The van der Waals surface area contributed by atoms with Crippen LogP contribution in [0.1, 0.15) is 34.7 Å². The predicted octanol–water partition coefficient (Wildman–Crippen LogP) is 3.51. The molecule has 0 saturated heterocycles. The van der Waals surface area contributed by atoms with Gasteiger partial charge in [-0.3, -0.25) is 9.69 Å². The minimum absolute atomic E-state index is 0.00100. The Bertz CT molecular complexity index is 1060. The fourth-order valence-corrected chi connectivity index (χ4v) is 5.17. The molecule has 2 heterocycles. The highest BCUT2D eigenvalue weighted by molar-refractivity contribution is 7.18. The van der Waals surface area contributed by atoms with Gasteiger partial charge >= 0.3 is 0 Å². The highest BCUT2D eigenvalue weighted by atomic mass is 32.1. The minimum atomic E-state index is -0.00100. The monoisotopic (exact) mass is 399 g/mol. The van der Waals surface area contributed by atoms with Gasteiger partial charge in [0.15, 0.2) is 11.5 Å². The summed E-state index contributed by atoms with van der Waals surface area (Å²) in [6.07, 6.45) is 4.44. The van der Waals surface area contributed by atoms with E-state index in [2.05, 4.69) is 9.88 Å². The van der Waals surface area contributed by atoms with E-state index in [1.165, 1.54) is 16.9 Å². The van der Waals surface area contributed by atoms with Crippen LogP contribution in [-0.4, -0.2) is 36.1 Å². The number of thiophene rings is 1. The predicted molar refractivity (Wildman–Crippen MR) is 112 cm³/mol. The molecule has 3 aromatic rings. The summed E-state index contributed by atoms with van der Waals surface area (Å²) in [6.45, 7) is 1.28. The normalized spacial score (nSPS) is 13.7. The molecule has 0 unspecified atom stereocenters. The van der Waals surface area contributed by atoms with Gasteiger partial charge in [-0.15, -0.1) is 11.3 Å². The first-order chi connectivity index (χ1) is 13.6. The smallest absolute Gasteiger partial charge is 0.259 e. The number of nitrogens with zero attached hydrogens (tertiary/aromatic N) is 2. The second-order valence-electron chi connectivity index (χ2n) is 7.27. The topological polar surface area (TPSA) is 67.5 Å². The number of aryl methyl sites for hydroxylation is 2. The molecule has 0 atom stereocenters. The van der Waals surface area contributed by atoms with Crippen molar-refractivity contribution in [2.24, 2.45) is 0 Å². The van der Waals surface area contributed by atoms with Gasteiger partial charge in [-0.05, 0) is 56.0 Å². The van der Waals surface area contributed by atoms with Crippen LogP contribution in [0, 0.1) is 0 Å². The summed E-state index contributed by atoms with van der Waals surface area (Å²) in [5.41, 5.74) is 2.33. The Labute approximate surface area is 168 Å². The van der Waals surface area contributed by atoms with Crippen molar-refractivity contribution in [1.82, 2.24) is 14.9 Å². The Morgan fingerprint density at radius 3 is 2.71 bits per heavy atom. The summed E-state index contributed by atoms with van der Waals surface area (Å²) < 4.78 is 10.7. The third-order valence-corrected chi connectivity index (χ3v) is 6.38. The van der Waals surface area contributed by atoms with Crippen LogP contribution in [0.4, 0.5) is 0 Å². The van der Waals surface area contributed by atoms with E-state index in [9.17, 15) is 4.79 Å². The van der Waals surface area contributed by atoms with Crippen molar-refractivity contribution in [2.75, 3.05) is 21.3 Å². The second-order valence-corrected chi connectivity index (χ2v) is 8.35. The number of nitrogens with one attached hydrogen (secondary N) is 1. The zero-order valence-corrected chi connectivity index (χ0v) is 17.3. The van der Waals surface area contributed by atoms with E-state index in [0.717, 1.165) is 35.0 Å². The molecule has 7 heteroatoms. The Morgan fingerprint density at radius 2 is 1.93 bits per heavy atom. The molecule has 6 nitrogen and oxygen atoms in total. The van der Waals surface area contributed by atoms with Gasteiger partial charge in [-0.2, -0.15) is 0 Å². The van der Waals surface area contributed by atoms with Crippen LogP contribution in [0.15, 0.2) is 23.0 Å². The lowest BCUT2D eigenvalue weighted by atomic mass is 9.97. The van der Waals surface area contributed by atoms with Crippen LogP contribution in [0.3, 0.4) is 0 Å². The van der Waals surface area contributed by atoms with Crippen LogP contribution in [0.2, 0.25) is 0 Å². The molecule has 1 N–H and O–H groups in total. The lowest BCUT2D eigenvalue weighted by molar-refractivity contribution is 0.308. The van der Waals surface area contributed by atoms with Gasteiger partial charge < -0.3 is 14.5 Å². The van der Waals surface area contributed by atoms with Crippen molar-refractivity contribution >= 4 is 21.6 Å². The molecule has 1 aliphatic carbocycles. The number of H-pyrrole nitrogens is 1. The molecule has 1 aliphatic rings. The summed E-state index contributed by atoms with van der Waals surface area (Å²) in [5, 5.41) is 0.811. The molecule has 0 bridgehead atoms. The quantitative estimate of drug-likeness (QED) is 0.687. The Kier molecular flexibility index (Phi) is 5.37. The van der Waals surface area contributed by atoms with E-state index in [1.54, 1.807) is 25.6 Å². The number of benzene rings is 1. The number of ether oxygens (including phenoxy) is 2. The molecule has 4 rings (SSSR count). The van der Waals surface area contributed by atoms with E-state index in [0.29, 0.717) is 30.4 Å². The molecular formula is C21H25N3O3S. The molecule has 0 radical (unpaired) electrons. The molecule has 0 spiro atoms. The Hall–Kier alpha value is -2.38. The van der Waals surface area contributed by atoms with Crippen molar-refractivity contribution < 1.29 is 9.47 Å².